The molecule has 0 fully saturated rings. The highest BCUT2D eigenvalue weighted by atomic mass is 16.5. The van der Waals surface area contributed by atoms with E-state index in [1.54, 1.807) is 6.92 Å². The van der Waals surface area contributed by atoms with E-state index < -0.39 is 0 Å². The van der Waals surface area contributed by atoms with Crippen molar-refractivity contribution in [2.75, 3.05) is 26.4 Å². The molecule has 114 valence electrons. The van der Waals surface area contributed by atoms with Crippen LogP contribution in [0, 0.1) is 11.8 Å². The van der Waals surface area contributed by atoms with Crippen LogP contribution in [0.15, 0.2) is 24.3 Å². The van der Waals surface area contributed by atoms with Gasteiger partial charge in [-0.25, -0.2) is 0 Å². The van der Waals surface area contributed by atoms with Gasteiger partial charge in [0.1, 0.15) is 12.4 Å². The highest BCUT2D eigenvalue weighted by Gasteiger charge is 1.97. The van der Waals surface area contributed by atoms with E-state index in [4.69, 9.17) is 9.47 Å². The summed E-state index contributed by atoms with van der Waals surface area (Å²) in [4.78, 5) is 10.7. The van der Waals surface area contributed by atoms with Crippen molar-refractivity contribution in [1.29, 1.82) is 0 Å². The third kappa shape index (κ3) is 8.29. The van der Waals surface area contributed by atoms with Crippen LogP contribution in [0.5, 0.6) is 0 Å². The van der Waals surface area contributed by atoms with E-state index in [0.29, 0.717) is 38.8 Å². The Balaban J connectivity index is 2.14. The highest BCUT2D eigenvalue weighted by molar-refractivity contribution is 5.75. The molecule has 0 radical (unpaired) electrons. The SMILES string of the molecule is CC(=O)CCOCCOCC#Cc1ccc(C(C)C)cc1. The topological polar surface area (TPSA) is 35.5 Å². The van der Waals surface area contributed by atoms with Crippen LogP contribution in [0.2, 0.25) is 0 Å². The fourth-order valence-electron chi connectivity index (χ4n) is 1.65. The van der Waals surface area contributed by atoms with E-state index in [1.165, 1.54) is 5.56 Å². The Bertz CT molecular complexity index is 477. The Morgan fingerprint density at radius 2 is 1.76 bits per heavy atom. The lowest BCUT2D eigenvalue weighted by molar-refractivity contribution is -0.118. The smallest absolute Gasteiger partial charge is 0.132 e. The quantitative estimate of drug-likeness (QED) is 0.544. The van der Waals surface area contributed by atoms with Crippen molar-refractivity contribution >= 4 is 5.78 Å². The van der Waals surface area contributed by atoms with Gasteiger partial charge in [0.25, 0.3) is 0 Å². The van der Waals surface area contributed by atoms with E-state index in [0.717, 1.165) is 5.56 Å². The Morgan fingerprint density at radius 3 is 2.38 bits per heavy atom. The van der Waals surface area contributed by atoms with Crippen LogP contribution in [0.4, 0.5) is 0 Å². The molecule has 21 heavy (non-hydrogen) atoms. The molecule has 0 saturated carbocycles. The van der Waals surface area contributed by atoms with Gasteiger partial charge in [0, 0.05) is 12.0 Å². The molecule has 0 saturated heterocycles. The van der Waals surface area contributed by atoms with Crippen molar-refractivity contribution in [2.24, 2.45) is 0 Å². The fourth-order valence-corrected chi connectivity index (χ4v) is 1.65. The number of carbonyl (C=O) groups excluding carboxylic acids is 1. The summed E-state index contributed by atoms with van der Waals surface area (Å²) in [6.07, 6.45) is 0.464. The van der Waals surface area contributed by atoms with Crippen LogP contribution in [0.3, 0.4) is 0 Å². The molecule has 1 rings (SSSR count). The van der Waals surface area contributed by atoms with Crippen molar-refractivity contribution in [2.45, 2.75) is 33.1 Å². The molecule has 0 aliphatic heterocycles. The first-order valence-corrected chi connectivity index (χ1v) is 7.33. The van der Waals surface area contributed by atoms with Gasteiger partial charge in [0.05, 0.1) is 19.8 Å². The molecular formula is C18H24O3. The summed E-state index contributed by atoms with van der Waals surface area (Å²) in [7, 11) is 0. The van der Waals surface area contributed by atoms with Gasteiger partial charge in [-0.15, -0.1) is 0 Å². The first kappa shape index (κ1) is 17.4. The molecule has 0 unspecified atom stereocenters. The van der Waals surface area contributed by atoms with Gasteiger partial charge >= 0.3 is 0 Å². The molecule has 3 heteroatoms. The molecule has 0 bridgehead atoms. The Labute approximate surface area is 127 Å². The van der Waals surface area contributed by atoms with Gasteiger partial charge < -0.3 is 9.47 Å². The average molecular weight is 288 g/mol. The maximum Gasteiger partial charge on any atom is 0.132 e. The van der Waals surface area contributed by atoms with Crippen LogP contribution in [-0.4, -0.2) is 32.2 Å². The Hall–Kier alpha value is -1.63. The summed E-state index contributed by atoms with van der Waals surface area (Å²) >= 11 is 0. The molecular weight excluding hydrogens is 264 g/mol. The maximum atomic E-state index is 10.7. The normalized spacial score (nSPS) is 10.3. The average Bonchev–Trinajstić information content (AvgIpc) is 2.45. The molecule has 0 N–H and O–H groups in total. The summed E-state index contributed by atoms with van der Waals surface area (Å²) in [5.74, 6) is 6.73. The lowest BCUT2D eigenvalue weighted by Gasteiger charge is -2.03. The molecule has 0 atom stereocenters. The number of carbonyl (C=O) groups is 1. The van der Waals surface area contributed by atoms with Crippen LogP contribution in [-0.2, 0) is 14.3 Å². The zero-order valence-electron chi connectivity index (χ0n) is 13.1. The van der Waals surface area contributed by atoms with Gasteiger partial charge in [-0.3, -0.25) is 4.79 Å². The zero-order chi connectivity index (χ0) is 15.5. The van der Waals surface area contributed by atoms with Gasteiger partial charge in [-0.05, 0) is 30.5 Å². The summed E-state index contributed by atoms with van der Waals surface area (Å²) in [5.41, 5.74) is 2.32. The highest BCUT2D eigenvalue weighted by Crippen LogP contribution is 2.13. The number of ether oxygens (including phenoxy) is 2. The number of hydrogen-bond acceptors (Lipinski definition) is 3. The minimum Gasteiger partial charge on any atom is -0.379 e. The van der Waals surface area contributed by atoms with Crippen molar-refractivity contribution in [3.05, 3.63) is 35.4 Å². The van der Waals surface area contributed by atoms with Gasteiger partial charge in [-0.1, -0.05) is 37.8 Å². The number of Topliss-reactive ketones (excluding diaryl/α,β-unsaturated/α-hetero) is 1. The molecule has 0 aliphatic carbocycles. The molecule has 1 aromatic rings. The molecule has 0 aromatic heterocycles. The molecule has 0 amide bonds. The van der Waals surface area contributed by atoms with Gasteiger partial charge in [-0.2, -0.15) is 0 Å². The van der Waals surface area contributed by atoms with Crippen molar-refractivity contribution in [1.82, 2.24) is 0 Å². The van der Waals surface area contributed by atoms with Crippen molar-refractivity contribution in [3.63, 3.8) is 0 Å². The van der Waals surface area contributed by atoms with E-state index >= 15 is 0 Å². The van der Waals surface area contributed by atoms with Crippen molar-refractivity contribution < 1.29 is 14.3 Å². The second-order valence-electron chi connectivity index (χ2n) is 5.20. The molecule has 0 spiro atoms. The summed E-state index contributed by atoms with van der Waals surface area (Å²) in [6.45, 7) is 7.76. The van der Waals surface area contributed by atoms with E-state index in [2.05, 4.69) is 37.8 Å². The van der Waals surface area contributed by atoms with E-state index in [9.17, 15) is 4.79 Å². The molecule has 0 heterocycles. The largest absolute Gasteiger partial charge is 0.379 e. The maximum absolute atomic E-state index is 10.7. The van der Waals surface area contributed by atoms with Crippen LogP contribution in [0.25, 0.3) is 0 Å². The molecule has 3 nitrogen and oxygen atoms in total. The van der Waals surface area contributed by atoms with Crippen LogP contribution < -0.4 is 0 Å². The standard InChI is InChI=1S/C18H24O3/c1-15(2)18-8-6-17(7-9-18)5-4-11-20-13-14-21-12-10-16(3)19/h6-9,15H,10-14H2,1-3H3. The minimum absolute atomic E-state index is 0.144. The fraction of sp³-hybridized carbons (Fsp3) is 0.500. The summed E-state index contributed by atoms with van der Waals surface area (Å²) in [5, 5.41) is 0. The lowest BCUT2D eigenvalue weighted by Crippen LogP contribution is -2.07. The van der Waals surface area contributed by atoms with Gasteiger partial charge in [0.15, 0.2) is 0 Å². The van der Waals surface area contributed by atoms with E-state index in [-0.39, 0.29) is 5.78 Å². The Kier molecular flexibility index (Phi) is 8.42. The number of rotatable bonds is 8. The monoisotopic (exact) mass is 288 g/mol. The first-order chi connectivity index (χ1) is 10.1. The van der Waals surface area contributed by atoms with Gasteiger partial charge in [0.2, 0.25) is 0 Å². The number of ketones is 1. The summed E-state index contributed by atoms with van der Waals surface area (Å²) < 4.78 is 10.6. The van der Waals surface area contributed by atoms with Crippen LogP contribution in [0.1, 0.15) is 44.2 Å². The third-order valence-electron chi connectivity index (χ3n) is 2.95. The lowest BCUT2D eigenvalue weighted by atomic mass is 10.0. The second-order valence-corrected chi connectivity index (χ2v) is 5.20. The zero-order valence-corrected chi connectivity index (χ0v) is 13.1. The predicted octanol–water partition coefficient (Wildman–Crippen LogP) is 3.17. The number of benzene rings is 1. The first-order valence-electron chi connectivity index (χ1n) is 7.33. The van der Waals surface area contributed by atoms with Crippen molar-refractivity contribution in [3.8, 4) is 11.8 Å². The second kappa shape index (κ2) is 10.1. The van der Waals surface area contributed by atoms with E-state index in [1.807, 2.05) is 12.1 Å². The summed E-state index contributed by atoms with van der Waals surface area (Å²) in [6, 6.07) is 8.29. The molecule has 1 aromatic carbocycles. The Morgan fingerprint density at radius 1 is 1.10 bits per heavy atom. The number of hydrogen-bond donors (Lipinski definition) is 0. The third-order valence-corrected chi connectivity index (χ3v) is 2.95. The molecule has 0 aliphatic rings. The predicted molar refractivity (Wildman–Crippen MR) is 84.3 cm³/mol. The van der Waals surface area contributed by atoms with Crippen LogP contribution >= 0.6 is 0 Å². The minimum atomic E-state index is 0.144.